The zero-order chi connectivity index (χ0) is 18.6. The summed E-state index contributed by atoms with van der Waals surface area (Å²) in [5.41, 5.74) is -0.314. The first-order chi connectivity index (χ1) is 11.7. The molecule has 0 aliphatic carbocycles. The van der Waals surface area contributed by atoms with Gasteiger partial charge in [0.2, 0.25) is 5.91 Å². The Labute approximate surface area is 143 Å². The van der Waals surface area contributed by atoms with Crippen molar-refractivity contribution < 1.29 is 22.8 Å². The number of alkyl halides is 3. The van der Waals surface area contributed by atoms with Crippen LogP contribution in [-0.4, -0.2) is 54.5 Å². The molecule has 1 unspecified atom stereocenters. The molecule has 1 aromatic carbocycles. The van der Waals surface area contributed by atoms with Crippen LogP contribution in [-0.2, 0) is 11.0 Å². The van der Waals surface area contributed by atoms with E-state index < -0.39 is 17.8 Å². The summed E-state index contributed by atoms with van der Waals surface area (Å²) in [6, 6.07) is 4.01. The second-order valence-corrected chi connectivity index (χ2v) is 5.77. The molecule has 0 radical (unpaired) electrons. The molecule has 1 atom stereocenters. The van der Waals surface area contributed by atoms with E-state index in [4.69, 9.17) is 0 Å². The number of nitrogens with one attached hydrogen (secondary N) is 1. The smallest absolute Gasteiger partial charge is 0.340 e. The second-order valence-electron chi connectivity index (χ2n) is 5.77. The number of amides is 3. The van der Waals surface area contributed by atoms with Gasteiger partial charge in [-0.2, -0.15) is 13.2 Å². The van der Waals surface area contributed by atoms with E-state index in [2.05, 4.69) is 17.2 Å². The van der Waals surface area contributed by atoms with E-state index in [1.54, 1.807) is 11.9 Å². The van der Waals surface area contributed by atoms with Crippen molar-refractivity contribution in [1.82, 2.24) is 15.1 Å². The number of benzene rings is 1. The highest BCUT2D eigenvalue weighted by Gasteiger charge is 2.30. The van der Waals surface area contributed by atoms with E-state index >= 15 is 0 Å². The minimum absolute atomic E-state index is 0.0129. The SMILES string of the molecule is CC1CN(C(=O)NCC#Cc2ccc(C(F)(F)F)cc2)CC(=O)N1C. The number of piperazine rings is 1. The van der Waals surface area contributed by atoms with Crippen LogP contribution in [0.4, 0.5) is 18.0 Å². The maximum Gasteiger partial charge on any atom is 0.416 e. The topological polar surface area (TPSA) is 52.7 Å². The lowest BCUT2D eigenvalue weighted by Crippen LogP contribution is -2.57. The Morgan fingerprint density at radius 2 is 1.96 bits per heavy atom. The van der Waals surface area contributed by atoms with Gasteiger partial charge < -0.3 is 15.1 Å². The maximum atomic E-state index is 12.5. The van der Waals surface area contributed by atoms with Gasteiger partial charge in [-0.15, -0.1) is 0 Å². The summed E-state index contributed by atoms with van der Waals surface area (Å²) in [6.07, 6.45) is -4.38. The van der Waals surface area contributed by atoms with Crippen LogP contribution in [0.3, 0.4) is 0 Å². The highest BCUT2D eigenvalue weighted by Crippen LogP contribution is 2.28. The van der Waals surface area contributed by atoms with Crippen LogP contribution in [0.1, 0.15) is 18.1 Å². The Morgan fingerprint density at radius 3 is 2.52 bits per heavy atom. The van der Waals surface area contributed by atoms with Crippen LogP contribution >= 0.6 is 0 Å². The first-order valence-corrected chi connectivity index (χ1v) is 7.63. The van der Waals surface area contributed by atoms with Gasteiger partial charge in [-0.1, -0.05) is 11.8 Å². The van der Waals surface area contributed by atoms with Gasteiger partial charge in [-0.3, -0.25) is 4.79 Å². The van der Waals surface area contributed by atoms with Gasteiger partial charge in [0.25, 0.3) is 0 Å². The second kappa shape index (κ2) is 7.47. The van der Waals surface area contributed by atoms with Crippen LogP contribution in [0, 0.1) is 11.8 Å². The summed E-state index contributed by atoms with van der Waals surface area (Å²) in [6.45, 7) is 2.33. The summed E-state index contributed by atoms with van der Waals surface area (Å²) in [4.78, 5) is 26.7. The number of carbonyl (C=O) groups is 2. The van der Waals surface area contributed by atoms with Gasteiger partial charge in [0.05, 0.1) is 12.1 Å². The van der Waals surface area contributed by atoms with Crippen LogP contribution < -0.4 is 5.32 Å². The average molecular weight is 353 g/mol. The minimum Gasteiger partial charge on any atom is -0.340 e. The first kappa shape index (κ1) is 18.6. The maximum absolute atomic E-state index is 12.5. The van der Waals surface area contributed by atoms with Crippen LogP contribution in [0.25, 0.3) is 0 Å². The fourth-order valence-electron chi connectivity index (χ4n) is 2.30. The van der Waals surface area contributed by atoms with Gasteiger partial charge in [0.15, 0.2) is 0 Å². The fraction of sp³-hybridized carbons (Fsp3) is 0.412. The zero-order valence-corrected chi connectivity index (χ0v) is 13.9. The van der Waals surface area contributed by atoms with Crippen LogP contribution in [0.5, 0.6) is 0 Å². The van der Waals surface area contributed by atoms with Crippen molar-refractivity contribution in [2.24, 2.45) is 0 Å². The fourth-order valence-corrected chi connectivity index (χ4v) is 2.30. The Bertz CT molecular complexity index is 705. The molecule has 2 rings (SSSR count). The molecule has 0 aromatic heterocycles. The number of likely N-dealkylation sites (N-methyl/N-ethyl adjacent to an activating group) is 1. The Morgan fingerprint density at radius 1 is 1.32 bits per heavy atom. The van der Waals surface area contributed by atoms with Crippen molar-refractivity contribution in [2.75, 3.05) is 26.7 Å². The summed E-state index contributed by atoms with van der Waals surface area (Å²) in [5.74, 6) is 5.22. The molecule has 0 bridgehead atoms. The number of urea groups is 1. The van der Waals surface area contributed by atoms with Crippen molar-refractivity contribution in [3.63, 3.8) is 0 Å². The van der Waals surface area contributed by atoms with Crippen molar-refractivity contribution in [1.29, 1.82) is 0 Å². The molecule has 1 heterocycles. The van der Waals surface area contributed by atoms with Crippen LogP contribution in [0.15, 0.2) is 24.3 Å². The van der Waals surface area contributed by atoms with Crippen molar-refractivity contribution in [2.45, 2.75) is 19.1 Å². The lowest BCUT2D eigenvalue weighted by Gasteiger charge is -2.37. The molecule has 1 saturated heterocycles. The number of rotatable bonds is 1. The molecule has 1 N–H and O–H groups in total. The van der Waals surface area contributed by atoms with Gasteiger partial charge in [0.1, 0.15) is 6.54 Å². The normalized spacial score (nSPS) is 17.8. The third-order valence-electron chi connectivity index (χ3n) is 3.93. The molecule has 0 spiro atoms. The number of halogens is 3. The van der Waals surface area contributed by atoms with Crippen molar-refractivity contribution in [3.8, 4) is 11.8 Å². The van der Waals surface area contributed by atoms with E-state index in [-0.39, 0.29) is 25.0 Å². The molecule has 1 aliphatic rings. The predicted octanol–water partition coefficient (Wildman–Crippen LogP) is 1.93. The molecule has 25 heavy (non-hydrogen) atoms. The number of hydrogen-bond acceptors (Lipinski definition) is 2. The molecular formula is C17H18F3N3O2. The lowest BCUT2D eigenvalue weighted by molar-refractivity contribution is -0.137. The highest BCUT2D eigenvalue weighted by molar-refractivity contribution is 5.85. The van der Waals surface area contributed by atoms with Crippen LogP contribution in [0.2, 0.25) is 0 Å². The Balaban J connectivity index is 1.86. The van der Waals surface area contributed by atoms with E-state index in [0.717, 1.165) is 12.1 Å². The summed E-state index contributed by atoms with van der Waals surface area (Å²) < 4.78 is 37.4. The Kier molecular flexibility index (Phi) is 5.57. The third kappa shape index (κ3) is 4.89. The molecule has 1 aliphatic heterocycles. The van der Waals surface area contributed by atoms with Gasteiger partial charge in [-0.25, -0.2) is 4.79 Å². The Hall–Kier alpha value is -2.69. The number of nitrogens with zero attached hydrogens (tertiary/aromatic N) is 2. The minimum atomic E-state index is -4.38. The van der Waals surface area contributed by atoms with E-state index in [9.17, 15) is 22.8 Å². The zero-order valence-electron chi connectivity index (χ0n) is 13.9. The van der Waals surface area contributed by atoms with E-state index in [0.29, 0.717) is 12.1 Å². The third-order valence-corrected chi connectivity index (χ3v) is 3.93. The number of hydrogen-bond donors (Lipinski definition) is 1. The molecule has 5 nitrogen and oxygen atoms in total. The van der Waals surface area contributed by atoms with E-state index in [1.165, 1.54) is 17.0 Å². The van der Waals surface area contributed by atoms with Gasteiger partial charge in [-0.05, 0) is 31.2 Å². The van der Waals surface area contributed by atoms with Gasteiger partial charge in [0, 0.05) is 25.2 Å². The molecular weight excluding hydrogens is 335 g/mol. The molecule has 134 valence electrons. The lowest BCUT2D eigenvalue weighted by atomic mass is 10.1. The number of carbonyl (C=O) groups excluding carboxylic acids is 2. The molecule has 1 fully saturated rings. The quantitative estimate of drug-likeness (QED) is 0.785. The standard InChI is InChI=1S/C17H18F3N3O2/c1-12-10-23(11-15(24)22(12)2)16(25)21-9-3-4-13-5-7-14(8-6-13)17(18,19)20/h5-8,12H,9-11H2,1-2H3,(H,21,25). The summed E-state index contributed by atoms with van der Waals surface area (Å²) in [7, 11) is 1.69. The largest absolute Gasteiger partial charge is 0.416 e. The molecule has 1 aromatic rings. The predicted molar refractivity (Wildman–Crippen MR) is 85.5 cm³/mol. The monoisotopic (exact) mass is 353 g/mol. The molecule has 8 heteroatoms. The van der Waals surface area contributed by atoms with Crippen molar-refractivity contribution in [3.05, 3.63) is 35.4 Å². The van der Waals surface area contributed by atoms with Gasteiger partial charge >= 0.3 is 12.2 Å². The first-order valence-electron chi connectivity index (χ1n) is 7.63. The molecule has 3 amide bonds. The highest BCUT2D eigenvalue weighted by atomic mass is 19.4. The van der Waals surface area contributed by atoms with Crippen molar-refractivity contribution >= 4 is 11.9 Å². The summed E-state index contributed by atoms with van der Waals surface area (Å²) >= 11 is 0. The average Bonchev–Trinajstić information content (AvgIpc) is 2.55. The molecule has 0 saturated carbocycles. The van der Waals surface area contributed by atoms with E-state index in [1.807, 2.05) is 6.92 Å². The summed E-state index contributed by atoms with van der Waals surface area (Å²) in [5, 5.41) is 2.58.